The van der Waals surface area contributed by atoms with Gasteiger partial charge in [-0.25, -0.2) is 9.78 Å². The van der Waals surface area contributed by atoms with E-state index in [4.69, 9.17) is 10.00 Å². The van der Waals surface area contributed by atoms with E-state index in [-0.39, 0.29) is 11.9 Å². The van der Waals surface area contributed by atoms with Crippen molar-refractivity contribution < 1.29 is 14.3 Å². The quantitative estimate of drug-likeness (QED) is 0.261. The molecular weight excluding hydrogens is 526 g/mol. The maximum atomic E-state index is 14.0. The lowest BCUT2D eigenvalue weighted by Crippen LogP contribution is -2.55. The molecule has 1 fully saturated rings. The van der Waals surface area contributed by atoms with E-state index in [9.17, 15) is 9.59 Å². The van der Waals surface area contributed by atoms with Gasteiger partial charge in [-0.3, -0.25) is 9.69 Å². The molecule has 1 saturated heterocycles. The molecule has 42 heavy (non-hydrogen) atoms. The van der Waals surface area contributed by atoms with Gasteiger partial charge in [0, 0.05) is 50.4 Å². The summed E-state index contributed by atoms with van der Waals surface area (Å²) in [6.07, 6.45) is 5.61. The van der Waals surface area contributed by atoms with E-state index in [0.29, 0.717) is 24.1 Å². The molecular formula is C34H35N5O3. The molecule has 0 radical (unpaired) electrons. The molecule has 0 unspecified atom stereocenters. The molecule has 3 aromatic carbocycles. The lowest BCUT2D eigenvalue weighted by molar-refractivity contribution is -0.147. The number of esters is 1. The van der Waals surface area contributed by atoms with Crippen LogP contribution in [-0.2, 0) is 29.0 Å². The molecule has 1 aliphatic heterocycles. The van der Waals surface area contributed by atoms with Gasteiger partial charge < -0.3 is 14.2 Å². The topological polar surface area (TPSA) is 91.5 Å². The van der Waals surface area contributed by atoms with Crippen LogP contribution in [0.1, 0.15) is 45.6 Å². The number of rotatable bonds is 10. The van der Waals surface area contributed by atoms with Crippen molar-refractivity contribution in [3.8, 4) is 6.07 Å². The summed E-state index contributed by atoms with van der Waals surface area (Å²) >= 11 is 0. The normalized spacial score (nSPS) is 14.6. The van der Waals surface area contributed by atoms with Gasteiger partial charge >= 0.3 is 5.97 Å². The van der Waals surface area contributed by atoms with Gasteiger partial charge in [-0.15, -0.1) is 0 Å². The number of carbonyl (C=O) groups excluding carboxylic acids is 2. The van der Waals surface area contributed by atoms with Crippen molar-refractivity contribution >= 4 is 11.9 Å². The van der Waals surface area contributed by atoms with E-state index in [1.54, 1.807) is 17.0 Å². The molecule has 1 atom stereocenters. The van der Waals surface area contributed by atoms with Crippen LogP contribution in [0.3, 0.4) is 0 Å². The van der Waals surface area contributed by atoms with E-state index < -0.39 is 12.0 Å². The minimum absolute atomic E-state index is 0.106. The third-order valence-electron chi connectivity index (χ3n) is 7.91. The van der Waals surface area contributed by atoms with Gasteiger partial charge in [0.1, 0.15) is 6.04 Å². The van der Waals surface area contributed by atoms with Crippen LogP contribution in [0, 0.1) is 11.3 Å². The molecule has 0 spiro atoms. The summed E-state index contributed by atoms with van der Waals surface area (Å²) in [7, 11) is 1.38. The Morgan fingerprint density at radius 2 is 1.62 bits per heavy atom. The number of hydrogen-bond acceptors (Lipinski definition) is 6. The third kappa shape index (κ3) is 6.93. The molecule has 0 aliphatic carbocycles. The standard InChI is InChI=1S/C34H35N5O3/c1-42-34(41)32(20-26-8-4-2-5-9-26)39(33(40)29-10-6-3-7-11-29)30-16-18-37(19-17-30)24-31-22-36-25-38(31)23-28-14-12-27(21-35)13-15-28/h2-15,22,25,30,32H,16-20,23-24H2,1H3/t32-/m0/s1. The summed E-state index contributed by atoms with van der Waals surface area (Å²) in [6.45, 7) is 2.98. The first kappa shape index (κ1) is 28.8. The largest absolute Gasteiger partial charge is 0.467 e. The van der Waals surface area contributed by atoms with Crippen molar-refractivity contribution in [2.24, 2.45) is 0 Å². The van der Waals surface area contributed by atoms with Crippen LogP contribution < -0.4 is 0 Å². The Balaban J connectivity index is 1.31. The van der Waals surface area contributed by atoms with Gasteiger partial charge in [-0.05, 0) is 48.2 Å². The van der Waals surface area contributed by atoms with Crippen molar-refractivity contribution in [2.45, 2.75) is 44.4 Å². The summed E-state index contributed by atoms with van der Waals surface area (Å²) in [5.74, 6) is -0.557. The first-order valence-corrected chi connectivity index (χ1v) is 14.3. The number of likely N-dealkylation sites (tertiary alicyclic amines) is 1. The zero-order chi connectivity index (χ0) is 29.3. The maximum absolute atomic E-state index is 14.0. The Hall–Kier alpha value is -4.74. The molecule has 2 heterocycles. The number of carbonyl (C=O) groups is 2. The van der Waals surface area contributed by atoms with Crippen molar-refractivity contribution in [3.63, 3.8) is 0 Å². The van der Waals surface area contributed by atoms with Crippen LogP contribution in [0.15, 0.2) is 97.5 Å². The summed E-state index contributed by atoms with van der Waals surface area (Å²) < 4.78 is 7.37. The van der Waals surface area contributed by atoms with Gasteiger partial charge in [0.05, 0.1) is 30.8 Å². The van der Waals surface area contributed by atoms with Crippen molar-refractivity contribution in [1.29, 1.82) is 5.26 Å². The highest BCUT2D eigenvalue weighted by molar-refractivity contribution is 5.97. The van der Waals surface area contributed by atoms with Gasteiger partial charge in [0.15, 0.2) is 0 Å². The van der Waals surface area contributed by atoms with Crippen LogP contribution in [0.5, 0.6) is 0 Å². The predicted octanol–water partition coefficient (Wildman–Crippen LogP) is 4.69. The van der Waals surface area contributed by atoms with Crippen LogP contribution >= 0.6 is 0 Å². The Morgan fingerprint density at radius 3 is 2.26 bits per heavy atom. The van der Waals surface area contributed by atoms with Gasteiger partial charge in [0.2, 0.25) is 0 Å². The zero-order valence-corrected chi connectivity index (χ0v) is 23.8. The smallest absolute Gasteiger partial charge is 0.328 e. The SMILES string of the molecule is COC(=O)[C@H](Cc1ccccc1)N(C(=O)c1ccccc1)C1CCN(Cc2cncn2Cc2ccc(C#N)cc2)CC1. The van der Waals surface area contributed by atoms with Gasteiger partial charge in [0.25, 0.3) is 5.91 Å². The second-order valence-corrected chi connectivity index (χ2v) is 10.6. The number of amides is 1. The average molecular weight is 562 g/mol. The highest BCUT2D eigenvalue weighted by Crippen LogP contribution is 2.25. The van der Waals surface area contributed by atoms with E-state index in [1.165, 1.54) is 7.11 Å². The summed E-state index contributed by atoms with van der Waals surface area (Å²) in [5, 5.41) is 9.07. The second kappa shape index (κ2) is 13.7. The van der Waals surface area contributed by atoms with Crippen LogP contribution in [0.25, 0.3) is 0 Å². The highest BCUT2D eigenvalue weighted by atomic mass is 16.5. The molecule has 4 aromatic rings. The molecule has 8 nitrogen and oxygen atoms in total. The van der Waals surface area contributed by atoms with E-state index in [1.807, 2.05) is 85.3 Å². The van der Waals surface area contributed by atoms with E-state index in [2.05, 4.69) is 20.5 Å². The van der Waals surface area contributed by atoms with Crippen molar-refractivity contribution in [2.75, 3.05) is 20.2 Å². The molecule has 8 heteroatoms. The Labute approximate surface area is 246 Å². The predicted molar refractivity (Wildman–Crippen MR) is 159 cm³/mol. The lowest BCUT2D eigenvalue weighted by atomic mass is 9.96. The number of nitrogens with zero attached hydrogens (tertiary/aromatic N) is 5. The highest BCUT2D eigenvalue weighted by Gasteiger charge is 2.38. The number of methoxy groups -OCH3 is 1. The molecule has 1 aromatic heterocycles. The Kier molecular flexibility index (Phi) is 9.42. The molecule has 1 amide bonds. The molecule has 0 bridgehead atoms. The molecule has 1 aliphatic rings. The van der Waals surface area contributed by atoms with Crippen LogP contribution in [0.2, 0.25) is 0 Å². The monoisotopic (exact) mass is 561 g/mol. The van der Waals surface area contributed by atoms with E-state index in [0.717, 1.165) is 49.3 Å². The summed E-state index contributed by atoms with van der Waals surface area (Å²) in [5.41, 5.74) is 4.40. The summed E-state index contributed by atoms with van der Waals surface area (Å²) in [6, 6.07) is 27.9. The fraction of sp³-hybridized carbons (Fsp3) is 0.294. The zero-order valence-electron chi connectivity index (χ0n) is 23.8. The van der Waals surface area contributed by atoms with Gasteiger partial charge in [-0.1, -0.05) is 60.7 Å². The van der Waals surface area contributed by atoms with Crippen LogP contribution in [-0.4, -0.2) is 63.5 Å². The number of benzene rings is 3. The minimum Gasteiger partial charge on any atom is -0.467 e. The molecule has 5 rings (SSSR count). The first-order valence-electron chi connectivity index (χ1n) is 14.3. The Bertz CT molecular complexity index is 1500. The third-order valence-corrected chi connectivity index (χ3v) is 7.91. The first-order chi connectivity index (χ1) is 20.6. The number of aromatic nitrogens is 2. The fourth-order valence-electron chi connectivity index (χ4n) is 5.65. The molecule has 214 valence electrons. The van der Waals surface area contributed by atoms with Gasteiger partial charge in [-0.2, -0.15) is 5.26 Å². The average Bonchev–Trinajstić information content (AvgIpc) is 3.48. The van der Waals surface area contributed by atoms with E-state index >= 15 is 0 Å². The van der Waals surface area contributed by atoms with Crippen molar-refractivity contribution in [1.82, 2.24) is 19.4 Å². The number of ether oxygens (including phenoxy) is 1. The van der Waals surface area contributed by atoms with Crippen LogP contribution in [0.4, 0.5) is 0 Å². The number of hydrogen-bond donors (Lipinski definition) is 0. The lowest BCUT2D eigenvalue weighted by Gasteiger charge is -2.41. The summed E-state index contributed by atoms with van der Waals surface area (Å²) in [4.78, 5) is 35.7. The number of nitriles is 1. The fourth-order valence-corrected chi connectivity index (χ4v) is 5.65. The Morgan fingerprint density at radius 1 is 0.952 bits per heavy atom. The molecule has 0 saturated carbocycles. The minimum atomic E-state index is -0.726. The number of imidazole rings is 1. The number of piperidine rings is 1. The second-order valence-electron chi connectivity index (χ2n) is 10.6. The van der Waals surface area contributed by atoms with Crippen molar-refractivity contribution in [3.05, 3.63) is 125 Å². The maximum Gasteiger partial charge on any atom is 0.328 e. The molecule has 0 N–H and O–H groups in total.